The van der Waals surface area contributed by atoms with Gasteiger partial charge in [-0.1, -0.05) is 12.1 Å². The molecule has 1 amide bonds. The predicted molar refractivity (Wildman–Crippen MR) is 108 cm³/mol. The molecule has 0 aromatic heterocycles. The first-order chi connectivity index (χ1) is 13.1. The summed E-state index contributed by atoms with van der Waals surface area (Å²) in [6.45, 7) is 7.16. The molecule has 2 atom stereocenters. The van der Waals surface area contributed by atoms with Crippen LogP contribution in [0.3, 0.4) is 0 Å². The van der Waals surface area contributed by atoms with E-state index in [9.17, 15) is 19.7 Å². The number of thioether (sulfide) groups is 1. The second-order valence-electron chi connectivity index (χ2n) is 7.46. The van der Waals surface area contributed by atoms with Crippen molar-refractivity contribution in [2.45, 2.75) is 49.6 Å². The third-order valence-electron chi connectivity index (χ3n) is 4.11. The summed E-state index contributed by atoms with van der Waals surface area (Å²) in [6, 6.07) is 5.80. The molecule has 0 unspecified atom stereocenters. The highest BCUT2D eigenvalue weighted by Gasteiger charge is 2.53. The Balaban J connectivity index is 1.72. The number of amides is 1. The van der Waals surface area contributed by atoms with Crippen molar-refractivity contribution in [3.05, 3.63) is 45.6 Å². The zero-order valence-corrected chi connectivity index (χ0v) is 17.6. The molecule has 1 N–H and O–H groups in total. The number of para-hydroxylation sites is 1. The molecule has 1 saturated heterocycles. The zero-order valence-electron chi connectivity index (χ0n) is 15.9. The number of benzene rings is 1. The maximum Gasteiger partial charge on any atom is 0.355 e. The number of nitro groups is 1. The molecule has 1 aromatic rings. The number of nitro benzene ring substituents is 1. The molecule has 8 nitrogen and oxygen atoms in total. The van der Waals surface area contributed by atoms with Gasteiger partial charge in [-0.15, -0.1) is 11.8 Å². The standard InChI is InChI=1S/C18H21N3O5S2/c1-10-9-27-16-13(19-28-12-8-6-5-7-11(12)21(24)25)15(22)20(16)14(10)17(23)26-18(2,3)4/h5-8,13,16,19H,9H2,1-4H3/t13-,16+/m1/s1. The van der Waals surface area contributed by atoms with E-state index in [4.69, 9.17) is 4.74 Å². The van der Waals surface area contributed by atoms with E-state index in [0.717, 1.165) is 17.5 Å². The van der Waals surface area contributed by atoms with Gasteiger partial charge < -0.3 is 4.74 Å². The van der Waals surface area contributed by atoms with Crippen LogP contribution in [0.15, 0.2) is 40.4 Å². The Kier molecular flexibility index (Phi) is 5.74. The van der Waals surface area contributed by atoms with Crippen LogP contribution in [0.2, 0.25) is 0 Å². The van der Waals surface area contributed by atoms with E-state index in [-0.39, 0.29) is 17.0 Å². The summed E-state index contributed by atoms with van der Waals surface area (Å²) in [5, 5.41) is 10.9. The molecule has 150 valence electrons. The lowest BCUT2D eigenvalue weighted by Gasteiger charge is -2.49. The monoisotopic (exact) mass is 423 g/mol. The van der Waals surface area contributed by atoms with Crippen LogP contribution in [-0.2, 0) is 14.3 Å². The molecule has 2 heterocycles. The molecule has 2 aliphatic rings. The van der Waals surface area contributed by atoms with Gasteiger partial charge in [0, 0.05) is 11.8 Å². The molecule has 2 aliphatic heterocycles. The Labute approximate surface area is 171 Å². The fourth-order valence-corrected chi connectivity index (χ4v) is 5.14. The lowest BCUT2D eigenvalue weighted by atomic mass is 10.0. The number of fused-ring (bicyclic) bond motifs is 1. The third kappa shape index (κ3) is 4.03. The summed E-state index contributed by atoms with van der Waals surface area (Å²) in [5.74, 6) is -0.144. The van der Waals surface area contributed by atoms with Crippen LogP contribution >= 0.6 is 23.7 Å². The van der Waals surface area contributed by atoms with Gasteiger partial charge in [-0.3, -0.25) is 19.8 Å². The average Bonchev–Trinajstić information content (AvgIpc) is 2.60. The summed E-state index contributed by atoms with van der Waals surface area (Å²) >= 11 is 2.60. The van der Waals surface area contributed by atoms with E-state index in [2.05, 4.69) is 4.72 Å². The largest absolute Gasteiger partial charge is 0.455 e. The Bertz CT molecular complexity index is 865. The van der Waals surface area contributed by atoms with E-state index in [1.54, 1.807) is 50.7 Å². The fraction of sp³-hybridized carbons (Fsp3) is 0.444. The van der Waals surface area contributed by atoms with Crippen molar-refractivity contribution < 1.29 is 19.2 Å². The molecule has 0 radical (unpaired) electrons. The molecule has 28 heavy (non-hydrogen) atoms. The van der Waals surface area contributed by atoms with Crippen LogP contribution in [0, 0.1) is 10.1 Å². The summed E-state index contributed by atoms with van der Waals surface area (Å²) < 4.78 is 8.48. The second kappa shape index (κ2) is 7.76. The quantitative estimate of drug-likeness (QED) is 0.253. The Morgan fingerprint density at radius 1 is 1.39 bits per heavy atom. The van der Waals surface area contributed by atoms with E-state index in [0.29, 0.717) is 16.3 Å². The Hall–Kier alpha value is -2.04. The topological polar surface area (TPSA) is 102 Å². The second-order valence-corrected chi connectivity index (χ2v) is 9.45. The molecular formula is C18H21N3O5S2. The maximum atomic E-state index is 12.7. The number of ether oxygens (including phenoxy) is 1. The smallest absolute Gasteiger partial charge is 0.355 e. The number of hydrogen-bond acceptors (Lipinski definition) is 8. The first-order valence-corrected chi connectivity index (χ1v) is 10.5. The molecule has 0 spiro atoms. The van der Waals surface area contributed by atoms with Crippen molar-refractivity contribution in [3.63, 3.8) is 0 Å². The molecule has 10 heteroatoms. The first-order valence-electron chi connectivity index (χ1n) is 8.63. The van der Waals surface area contributed by atoms with Crippen LogP contribution in [0.1, 0.15) is 27.7 Å². The number of carbonyl (C=O) groups is 2. The fourth-order valence-electron chi connectivity index (χ4n) is 2.89. The Morgan fingerprint density at radius 3 is 2.71 bits per heavy atom. The highest BCUT2D eigenvalue weighted by molar-refractivity contribution is 8.00. The lowest BCUT2D eigenvalue weighted by Crippen LogP contribution is -2.68. The minimum Gasteiger partial charge on any atom is -0.455 e. The van der Waals surface area contributed by atoms with Gasteiger partial charge in [0.1, 0.15) is 27.6 Å². The number of carbonyl (C=O) groups excluding carboxylic acids is 2. The summed E-state index contributed by atoms with van der Waals surface area (Å²) in [6.07, 6.45) is 0. The predicted octanol–water partition coefficient (Wildman–Crippen LogP) is 3.09. The van der Waals surface area contributed by atoms with E-state index < -0.39 is 22.5 Å². The number of rotatable bonds is 5. The van der Waals surface area contributed by atoms with E-state index in [1.165, 1.54) is 11.0 Å². The maximum absolute atomic E-state index is 12.7. The molecule has 1 fully saturated rings. The van der Waals surface area contributed by atoms with Gasteiger partial charge in [0.05, 0.1) is 4.92 Å². The highest BCUT2D eigenvalue weighted by Crippen LogP contribution is 2.42. The molecule has 3 rings (SSSR count). The van der Waals surface area contributed by atoms with Gasteiger partial charge in [-0.2, -0.15) is 0 Å². The van der Waals surface area contributed by atoms with Gasteiger partial charge in [-0.25, -0.2) is 9.52 Å². The summed E-state index contributed by atoms with van der Waals surface area (Å²) in [7, 11) is 0. The summed E-state index contributed by atoms with van der Waals surface area (Å²) in [4.78, 5) is 37.9. The van der Waals surface area contributed by atoms with E-state index in [1.807, 2.05) is 6.92 Å². The van der Waals surface area contributed by atoms with Gasteiger partial charge in [-0.05, 0) is 51.3 Å². The van der Waals surface area contributed by atoms with Crippen molar-refractivity contribution in [2.75, 3.05) is 5.75 Å². The lowest BCUT2D eigenvalue weighted by molar-refractivity contribution is -0.387. The molecule has 0 bridgehead atoms. The third-order valence-corrected chi connectivity index (χ3v) is 6.47. The number of nitrogens with zero attached hydrogens (tertiary/aromatic N) is 2. The van der Waals surface area contributed by atoms with Gasteiger partial charge >= 0.3 is 5.97 Å². The van der Waals surface area contributed by atoms with Crippen molar-refractivity contribution in [2.24, 2.45) is 0 Å². The molecular weight excluding hydrogens is 402 g/mol. The summed E-state index contributed by atoms with van der Waals surface area (Å²) in [5.41, 5.74) is 0.425. The number of hydrogen-bond donors (Lipinski definition) is 1. The number of β-lactam (4-membered cyclic amide) rings is 1. The minimum absolute atomic E-state index is 0.0230. The van der Waals surface area contributed by atoms with Crippen molar-refractivity contribution in [1.82, 2.24) is 9.62 Å². The van der Waals surface area contributed by atoms with Crippen LogP contribution in [0.5, 0.6) is 0 Å². The van der Waals surface area contributed by atoms with Gasteiger partial charge in [0.25, 0.3) is 5.69 Å². The molecule has 1 aromatic carbocycles. The minimum atomic E-state index is -0.655. The molecule has 0 aliphatic carbocycles. The van der Waals surface area contributed by atoms with Crippen LogP contribution in [0.4, 0.5) is 5.69 Å². The van der Waals surface area contributed by atoms with Crippen molar-refractivity contribution in [3.8, 4) is 0 Å². The zero-order chi connectivity index (χ0) is 20.6. The number of esters is 1. The van der Waals surface area contributed by atoms with Crippen LogP contribution in [0.25, 0.3) is 0 Å². The van der Waals surface area contributed by atoms with Crippen molar-refractivity contribution >= 4 is 41.3 Å². The SMILES string of the molecule is CC1=C(C(=O)OC(C)(C)C)N2C(=O)[C@@H](NSc3ccccc3[N+](=O)[O-])[C@@H]2SC1. The average molecular weight is 424 g/mol. The van der Waals surface area contributed by atoms with Crippen LogP contribution in [-0.4, -0.2) is 44.5 Å². The normalized spacial score (nSPS) is 21.9. The van der Waals surface area contributed by atoms with Crippen LogP contribution < -0.4 is 4.72 Å². The number of nitrogens with one attached hydrogen (secondary N) is 1. The molecule has 0 saturated carbocycles. The van der Waals surface area contributed by atoms with Gasteiger partial charge in [0.2, 0.25) is 5.91 Å². The highest BCUT2D eigenvalue weighted by atomic mass is 32.2. The van der Waals surface area contributed by atoms with Crippen molar-refractivity contribution in [1.29, 1.82) is 0 Å². The van der Waals surface area contributed by atoms with E-state index >= 15 is 0 Å². The first kappa shape index (κ1) is 20.7. The van der Waals surface area contributed by atoms with Gasteiger partial charge in [0.15, 0.2) is 0 Å². The Morgan fingerprint density at radius 2 is 2.07 bits per heavy atom.